The van der Waals surface area contributed by atoms with Gasteiger partial charge in [-0.2, -0.15) is 5.10 Å². The van der Waals surface area contributed by atoms with Gasteiger partial charge >= 0.3 is 0 Å². The number of amides is 1. The standard InChI is InChI=1S/C19H20N4O2/c1-13-10-18(25-22-13)19(24)21-16-8-5-9-17-15(16)11-20-23(17)12-14-6-3-2-4-7-14/h2-4,6-7,10-11,16H,5,8-9,12H2,1H3,(H,21,24)/t16-/m0/s1. The molecule has 25 heavy (non-hydrogen) atoms. The van der Waals surface area contributed by atoms with E-state index in [0.29, 0.717) is 5.69 Å². The molecule has 0 spiro atoms. The second kappa shape index (κ2) is 6.55. The fourth-order valence-electron chi connectivity index (χ4n) is 3.36. The number of nitrogens with zero attached hydrogens (tertiary/aromatic N) is 3. The Morgan fingerprint density at radius 2 is 2.20 bits per heavy atom. The van der Waals surface area contributed by atoms with Gasteiger partial charge in [0.25, 0.3) is 5.91 Å². The molecule has 0 aliphatic heterocycles. The zero-order chi connectivity index (χ0) is 17.2. The molecule has 6 nitrogen and oxygen atoms in total. The molecule has 0 unspecified atom stereocenters. The molecular formula is C19H20N4O2. The quantitative estimate of drug-likeness (QED) is 0.795. The Kier molecular flexibility index (Phi) is 4.09. The minimum atomic E-state index is -0.228. The largest absolute Gasteiger partial charge is 0.351 e. The second-order valence-corrected chi connectivity index (χ2v) is 6.44. The van der Waals surface area contributed by atoms with E-state index >= 15 is 0 Å². The molecule has 0 bridgehead atoms. The van der Waals surface area contributed by atoms with Crippen molar-refractivity contribution in [1.82, 2.24) is 20.3 Å². The molecule has 2 heterocycles. The van der Waals surface area contributed by atoms with E-state index in [0.717, 1.165) is 31.4 Å². The van der Waals surface area contributed by atoms with Gasteiger partial charge in [0.1, 0.15) is 0 Å². The van der Waals surface area contributed by atoms with Crippen LogP contribution in [0.3, 0.4) is 0 Å². The van der Waals surface area contributed by atoms with E-state index in [9.17, 15) is 4.79 Å². The molecule has 0 saturated carbocycles. The topological polar surface area (TPSA) is 73.0 Å². The summed E-state index contributed by atoms with van der Waals surface area (Å²) < 4.78 is 7.10. The van der Waals surface area contributed by atoms with Crippen molar-refractivity contribution in [1.29, 1.82) is 0 Å². The molecule has 3 aromatic rings. The highest BCUT2D eigenvalue weighted by molar-refractivity contribution is 5.91. The Bertz CT molecular complexity index is 882. The van der Waals surface area contributed by atoms with Crippen molar-refractivity contribution in [3.8, 4) is 0 Å². The Hall–Kier alpha value is -2.89. The first-order chi connectivity index (χ1) is 12.2. The van der Waals surface area contributed by atoms with Crippen LogP contribution in [0.4, 0.5) is 0 Å². The molecule has 2 aromatic heterocycles. The third-order valence-electron chi connectivity index (χ3n) is 4.60. The van der Waals surface area contributed by atoms with Gasteiger partial charge in [0.2, 0.25) is 5.76 Å². The molecule has 4 rings (SSSR count). The number of aromatic nitrogens is 3. The Labute approximate surface area is 145 Å². The first kappa shape index (κ1) is 15.6. The van der Waals surface area contributed by atoms with Gasteiger partial charge in [-0.05, 0) is 31.7 Å². The highest BCUT2D eigenvalue weighted by Crippen LogP contribution is 2.30. The number of carbonyl (C=O) groups excluding carboxylic acids is 1. The van der Waals surface area contributed by atoms with E-state index in [1.54, 1.807) is 13.0 Å². The molecular weight excluding hydrogens is 316 g/mol. The number of aryl methyl sites for hydroxylation is 1. The van der Waals surface area contributed by atoms with Crippen molar-refractivity contribution in [2.75, 3.05) is 0 Å². The van der Waals surface area contributed by atoms with E-state index in [1.165, 1.54) is 11.3 Å². The molecule has 0 radical (unpaired) electrons. The number of fused-ring (bicyclic) bond motifs is 1. The summed E-state index contributed by atoms with van der Waals surface area (Å²) in [5.41, 5.74) is 4.22. The number of rotatable bonds is 4. The lowest BCUT2D eigenvalue weighted by molar-refractivity contribution is 0.0895. The lowest BCUT2D eigenvalue weighted by Gasteiger charge is -2.23. The van der Waals surface area contributed by atoms with E-state index in [4.69, 9.17) is 4.52 Å². The van der Waals surface area contributed by atoms with Crippen LogP contribution >= 0.6 is 0 Å². The Balaban J connectivity index is 1.53. The molecule has 6 heteroatoms. The Morgan fingerprint density at radius 3 is 2.96 bits per heavy atom. The first-order valence-corrected chi connectivity index (χ1v) is 8.53. The van der Waals surface area contributed by atoms with Gasteiger partial charge in [0.15, 0.2) is 0 Å². The minimum absolute atomic E-state index is 0.0359. The number of hydrogen-bond donors (Lipinski definition) is 1. The number of benzene rings is 1. The van der Waals surface area contributed by atoms with Crippen LogP contribution in [-0.4, -0.2) is 20.8 Å². The summed E-state index contributed by atoms with van der Waals surface area (Å²) in [5, 5.41) is 11.4. The van der Waals surface area contributed by atoms with Gasteiger partial charge in [0, 0.05) is 17.3 Å². The van der Waals surface area contributed by atoms with E-state index in [2.05, 4.69) is 27.7 Å². The van der Waals surface area contributed by atoms with Gasteiger partial charge in [0.05, 0.1) is 24.5 Å². The van der Waals surface area contributed by atoms with Crippen LogP contribution in [0.15, 0.2) is 47.1 Å². The van der Waals surface area contributed by atoms with Crippen molar-refractivity contribution < 1.29 is 9.32 Å². The van der Waals surface area contributed by atoms with Gasteiger partial charge < -0.3 is 9.84 Å². The average molecular weight is 336 g/mol. The smallest absolute Gasteiger partial charge is 0.290 e. The minimum Gasteiger partial charge on any atom is -0.351 e. The summed E-state index contributed by atoms with van der Waals surface area (Å²) in [6.07, 6.45) is 4.79. The molecule has 1 aliphatic carbocycles. The van der Waals surface area contributed by atoms with Crippen LogP contribution in [0.25, 0.3) is 0 Å². The summed E-state index contributed by atoms with van der Waals surface area (Å²) in [4.78, 5) is 12.4. The van der Waals surface area contributed by atoms with Crippen LogP contribution in [0.5, 0.6) is 0 Å². The highest BCUT2D eigenvalue weighted by Gasteiger charge is 2.26. The number of hydrogen-bond acceptors (Lipinski definition) is 4. The molecule has 1 aromatic carbocycles. The monoisotopic (exact) mass is 336 g/mol. The third kappa shape index (κ3) is 3.20. The van der Waals surface area contributed by atoms with Gasteiger partial charge in [-0.25, -0.2) is 0 Å². The third-order valence-corrected chi connectivity index (χ3v) is 4.60. The summed E-state index contributed by atoms with van der Waals surface area (Å²) in [7, 11) is 0. The molecule has 1 amide bonds. The first-order valence-electron chi connectivity index (χ1n) is 8.53. The van der Waals surface area contributed by atoms with Crippen LogP contribution in [-0.2, 0) is 13.0 Å². The predicted molar refractivity (Wildman–Crippen MR) is 92.2 cm³/mol. The highest BCUT2D eigenvalue weighted by atomic mass is 16.5. The van der Waals surface area contributed by atoms with Crippen LogP contribution in [0.1, 0.15) is 52.0 Å². The van der Waals surface area contributed by atoms with Crippen molar-refractivity contribution in [2.45, 2.75) is 38.8 Å². The maximum atomic E-state index is 12.4. The molecule has 1 N–H and O–H groups in total. The van der Waals surface area contributed by atoms with E-state index in [-0.39, 0.29) is 17.7 Å². The summed E-state index contributed by atoms with van der Waals surface area (Å²) in [6.45, 7) is 2.55. The van der Waals surface area contributed by atoms with Crippen molar-refractivity contribution >= 4 is 5.91 Å². The fourth-order valence-corrected chi connectivity index (χ4v) is 3.36. The Morgan fingerprint density at radius 1 is 1.36 bits per heavy atom. The lowest BCUT2D eigenvalue weighted by atomic mass is 9.93. The van der Waals surface area contributed by atoms with Crippen LogP contribution in [0, 0.1) is 6.92 Å². The fraction of sp³-hybridized carbons (Fsp3) is 0.316. The predicted octanol–water partition coefficient (Wildman–Crippen LogP) is 3.04. The maximum absolute atomic E-state index is 12.4. The van der Waals surface area contributed by atoms with Crippen molar-refractivity contribution in [3.05, 3.63) is 70.9 Å². The summed E-state index contributed by atoms with van der Waals surface area (Å²) in [5.74, 6) is 0.0237. The van der Waals surface area contributed by atoms with Crippen molar-refractivity contribution in [2.24, 2.45) is 0 Å². The van der Waals surface area contributed by atoms with Crippen LogP contribution in [0.2, 0.25) is 0 Å². The summed E-state index contributed by atoms with van der Waals surface area (Å²) >= 11 is 0. The molecule has 0 saturated heterocycles. The maximum Gasteiger partial charge on any atom is 0.290 e. The van der Waals surface area contributed by atoms with Crippen LogP contribution < -0.4 is 5.32 Å². The molecule has 1 aliphatic rings. The van der Waals surface area contributed by atoms with Gasteiger partial charge in [-0.3, -0.25) is 9.48 Å². The number of carbonyl (C=O) groups is 1. The zero-order valence-corrected chi connectivity index (χ0v) is 14.1. The van der Waals surface area contributed by atoms with Crippen molar-refractivity contribution in [3.63, 3.8) is 0 Å². The van der Waals surface area contributed by atoms with E-state index in [1.807, 2.05) is 29.1 Å². The zero-order valence-electron chi connectivity index (χ0n) is 14.1. The molecule has 1 atom stereocenters. The van der Waals surface area contributed by atoms with Gasteiger partial charge in [-0.15, -0.1) is 0 Å². The van der Waals surface area contributed by atoms with Gasteiger partial charge in [-0.1, -0.05) is 35.5 Å². The average Bonchev–Trinajstić information content (AvgIpc) is 3.23. The SMILES string of the molecule is Cc1cc(C(=O)N[C@H]2CCCc3c2cnn3Cc2ccccc2)on1. The van der Waals surface area contributed by atoms with E-state index < -0.39 is 0 Å². The lowest BCUT2D eigenvalue weighted by Crippen LogP contribution is -2.30. The molecule has 128 valence electrons. The normalized spacial score (nSPS) is 16.4. The molecule has 0 fully saturated rings. The summed E-state index contributed by atoms with van der Waals surface area (Å²) in [6, 6.07) is 11.9. The second-order valence-electron chi connectivity index (χ2n) is 6.44. The number of nitrogens with one attached hydrogen (secondary N) is 1.